The Kier molecular flexibility index (Phi) is 4.22. The molecule has 1 fully saturated rings. The monoisotopic (exact) mass is 328 g/mol. The maximum Gasteiger partial charge on any atom is 0.295 e. The fourth-order valence-electron chi connectivity index (χ4n) is 2.50. The predicted molar refractivity (Wildman–Crippen MR) is 83.9 cm³/mol. The highest BCUT2D eigenvalue weighted by Crippen LogP contribution is 2.47. The first-order valence-electron chi connectivity index (χ1n) is 7.19. The SMILES string of the molecule is C[C@H](CN1CNc2c(N)ncnc21)OCP1(=O)N[C@@H](C)CO1. The average molecular weight is 328 g/mol. The number of fused-ring (bicyclic) bond motifs is 1. The van der Waals surface area contributed by atoms with E-state index in [4.69, 9.17) is 15.0 Å². The van der Waals surface area contributed by atoms with Gasteiger partial charge in [0.05, 0.1) is 19.4 Å². The van der Waals surface area contributed by atoms with Crippen molar-refractivity contribution in [3.05, 3.63) is 6.33 Å². The van der Waals surface area contributed by atoms with Crippen molar-refractivity contribution in [2.75, 3.05) is 42.1 Å². The van der Waals surface area contributed by atoms with Gasteiger partial charge in [-0.05, 0) is 13.8 Å². The predicted octanol–water partition coefficient (Wildman–Crippen LogP) is 0.812. The van der Waals surface area contributed by atoms with Crippen LogP contribution in [0.3, 0.4) is 0 Å². The number of nitrogen functional groups attached to an aromatic ring is 1. The van der Waals surface area contributed by atoms with Crippen LogP contribution in [0.5, 0.6) is 0 Å². The molecule has 3 atom stereocenters. The van der Waals surface area contributed by atoms with E-state index in [1.54, 1.807) is 0 Å². The summed E-state index contributed by atoms with van der Waals surface area (Å²) in [5.74, 6) is 1.20. The van der Waals surface area contributed by atoms with Gasteiger partial charge in [0.2, 0.25) is 0 Å². The van der Waals surface area contributed by atoms with Crippen molar-refractivity contribution < 1.29 is 13.8 Å². The molecule has 0 saturated carbocycles. The van der Waals surface area contributed by atoms with E-state index in [1.165, 1.54) is 6.33 Å². The molecule has 0 radical (unpaired) electrons. The molecule has 9 nitrogen and oxygen atoms in total. The van der Waals surface area contributed by atoms with Gasteiger partial charge in [0.1, 0.15) is 18.4 Å². The number of ether oxygens (including phenoxy) is 1. The third kappa shape index (κ3) is 3.17. The van der Waals surface area contributed by atoms with Crippen LogP contribution in [0.2, 0.25) is 0 Å². The summed E-state index contributed by atoms with van der Waals surface area (Å²) in [6.07, 6.45) is 1.38. The molecule has 0 aromatic carbocycles. The van der Waals surface area contributed by atoms with E-state index < -0.39 is 7.52 Å². The Morgan fingerprint density at radius 2 is 2.45 bits per heavy atom. The number of nitrogens with two attached hydrogens (primary N) is 1. The molecule has 3 heterocycles. The van der Waals surface area contributed by atoms with Crippen molar-refractivity contribution in [2.45, 2.75) is 26.0 Å². The van der Waals surface area contributed by atoms with Crippen LogP contribution < -0.4 is 21.0 Å². The zero-order chi connectivity index (χ0) is 15.7. The number of aromatic nitrogens is 2. The zero-order valence-corrected chi connectivity index (χ0v) is 13.5. The molecule has 1 saturated heterocycles. The molecular formula is C12H21N6O3P. The first kappa shape index (κ1) is 15.5. The summed E-state index contributed by atoms with van der Waals surface area (Å²) in [5, 5.41) is 6.11. The van der Waals surface area contributed by atoms with Crippen LogP contribution in [0.1, 0.15) is 13.8 Å². The molecule has 2 aliphatic rings. The summed E-state index contributed by atoms with van der Waals surface area (Å²) >= 11 is 0. The summed E-state index contributed by atoms with van der Waals surface area (Å²) in [6.45, 7) is 5.50. The summed E-state index contributed by atoms with van der Waals surface area (Å²) in [7, 11) is -2.85. The number of nitrogens with zero attached hydrogens (tertiary/aromatic N) is 3. The third-order valence-corrected chi connectivity index (χ3v) is 5.45. The molecule has 1 aromatic heterocycles. The van der Waals surface area contributed by atoms with Gasteiger partial charge in [-0.3, -0.25) is 4.57 Å². The molecule has 1 unspecified atom stereocenters. The molecule has 1 aromatic rings. The first-order chi connectivity index (χ1) is 10.5. The van der Waals surface area contributed by atoms with Crippen molar-refractivity contribution in [3.8, 4) is 0 Å². The van der Waals surface area contributed by atoms with Crippen LogP contribution in [-0.2, 0) is 13.8 Å². The summed E-state index contributed by atoms with van der Waals surface area (Å²) in [5.41, 5.74) is 6.55. The van der Waals surface area contributed by atoms with Gasteiger partial charge in [-0.25, -0.2) is 15.1 Å². The van der Waals surface area contributed by atoms with E-state index in [1.807, 2.05) is 18.7 Å². The lowest BCUT2D eigenvalue weighted by molar-refractivity contribution is 0.0982. The van der Waals surface area contributed by atoms with E-state index in [9.17, 15) is 4.57 Å². The normalized spacial score (nSPS) is 28.5. The molecule has 3 rings (SSSR count). The maximum absolute atomic E-state index is 12.3. The molecule has 122 valence electrons. The summed E-state index contributed by atoms with van der Waals surface area (Å²) in [4.78, 5) is 10.2. The van der Waals surface area contributed by atoms with Crippen LogP contribution in [0.15, 0.2) is 6.33 Å². The van der Waals surface area contributed by atoms with E-state index in [0.29, 0.717) is 25.6 Å². The molecule has 0 aliphatic carbocycles. The Morgan fingerprint density at radius 1 is 1.64 bits per heavy atom. The number of hydrogen-bond acceptors (Lipinski definition) is 8. The van der Waals surface area contributed by atoms with Gasteiger partial charge in [-0.2, -0.15) is 0 Å². The highest BCUT2D eigenvalue weighted by atomic mass is 31.2. The number of nitrogens with one attached hydrogen (secondary N) is 2. The third-order valence-electron chi connectivity index (χ3n) is 3.56. The van der Waals surface area contributed by atoms with Crippen molar-refractivity contribution in [3.63, 3.8) is 0 Å². The topological polar surface area (TPSA) is 115 Å². The lowest BCUT2D eigenvalue weighted by Crippen LogP contribution is -2.33. The highest BCUT2D eigenvalue weighted by molar-refractivity contribution is 7.56. The molecule has 22 heavy (non-hydrogen) atoms. The van der Waals surface area contributed by atoms with E-state index >= 15 is 0 Å². The summed E-state index contributed by atoms with van der Waals surface area (Å²) in [6, 6.07) is 0.0964. The van der Waals surface area contributed by atoms with Crippen molar-refractivity contribution in [2.24, 2.45) is 0 Å². The largest absolute Gasteiger partial charge is 0.382 e. The van der Waals surface area contributed by atoms with Gasteiger partial charge < -0.3 is 25.2 Å². The standard InChI is InChI=1S/C12H21N6O3P/c1-8-4-21-22(19,17-8)7-20-9(2)3-18-6-16-10-11(13)14-5-15-12(10)18/h5,8-9,16H,3-4,6-7H2,1-2H3,(H,17,19)(H2,13,14,15)/t8-,9+,22?/m0/s1. The van der Waals surface area contributed by atoms with Gasteiger partial charge in [0.15, 0.2) is 11.6 Å². The minimum absolute atomic E-state index is 0.0680. The van der Waals surface area contributed by atoms with E-state index in [2.05, 4.69) is 20.4 Å². The number of rotatable bonds is 5. The van der Waals surface area contributed by atoms with Gasteiger partial charge in [-0.1, -0.05) is 0 Å². The van der Waals surface area contributed by atoms with Crippen LogP contribution in [-0.4, -0.2) is 48.3 Å². The second kappa shape index (κ2) is 6.00. The quantitative estimate of drug-likeness (QED) is 0.675. The second-order valence-electron chi connectivity index (χ2n) is 5.62. The Balaban J connectivity index is 1.54. The van der Waals surface area contributed by atoms with Crippen LogP contribution in [0, 0.1) is 0 Å². The minimum Gasteiger partial charge on any atom is -0.382 e. The molecule has 0 amide bonds. The van der Waals surface area contributed by atoms with Crippen molar-refractivity contribution in [1.82, 2.24) is 15.1 Å². The molecular weight excluding hydrogens is 307 g/mol. The first-order valence-corrected chi connectivity index (χ1v) is 9.00. The van der Waals surface area contributed by atoms with Gasteiger partial charge in [0, 0.05) is 12.6 Å². The van der Waals surface area contributed by atoms with E-state index in [0.717, 1.165) is 11.5 Å². The molecule has 10 heteroatoms. The van der Waals surface area contributed by atoms with Crippen molar-refractivity contribution in [1.29, 1.82) is 0 Å². The number of anilines is 3. The second-order valence-corrected chi connectivity index (χ2v) is 7.74. The molecule has 4 N–H and O–H groups in total. The lowest BCUT2D eigenvalue weighted by atomic mass is 10.3. The Labute approximate surface area is 129 Å². The molecule has 0 spiro atoms. The Hall–Kier alpha value is -1.41. The smallest absolute Gasteiger partial charge is 0.295 e. The van der Waals surface area contributed by atoms with Crippen LogP contribution in [0.4, 0.5) is 17.3 Å². The zero-order valence-electron chi connectivity index (χ0n) is 12.7. The molecule has 2 aliphatic heterocycles. The Bertz CT molecular complexity index is 600. The number of hydrogen-bond donors (Lipinski definition) is 3. The Morgan fingerprint density at radius 3 is 3.18 bits per heavy atom. The maximum atomic E-state index is 12.3. The van der Waals surface area contributed by atoms with Crippen molar-refractivity contribution >= 4 is 24.8 Å². The lowest BCUT2D eigenvalue weighted by Gasteiger charge is -2.23. The van der Waals surface area contributed by atoms with Crippen LogP contribution >= 0.6 is 7.52 Å². The van der Waals surface area contributed by atoms with Gasteiger partial charge in [-0.15, -0.1) is 0 Å². The van der Waals surface area contributed by atoms with Crippen LogP contribution in [0.25, 0.3) is 0 Å². The fraction of sp³-hybridized carbons (Fsp3) is 0.667. The van der Waals surface area contributed by atoms with Gasteiger partial charge in [0.25, 0.3) is 7.52 Å². The minimum atomic E-state index is -2.85. The fourth-order valence-corrected chi connectivity index (χ4v) is 4.39. The highest BCUT2D eigenvalue weighted by Gasteiger charge is 2.33. The average Bonchev–Trinajstić information content (AvgIpc) is 3.03. The van der Waals surface area contributed by atoms with E-state index in [-0.39, 0.29) is 18.5 Å². The molecule has 0 bridgehead atoms. The summed E-state index contributed by atoms with van der Waals surface area (Å²) < 4.78 is 23.3. The van der Waals surface area contributed by atoms with Gasteiger partial charge >= 0.3 is 0 Å².